The number of carbonyl (C=O) groups is 1. The van der Waals surface area contributed by atoms with Gasteiger partial charge in [0, 0.05) is 6.61 Å². The summed E-state index contributed by atoms with van der Waals surface area (Å²) >= 11 is 0. The highest BCUT2D eigenvalue weighted by Crippen LogP contribution is 1.89. The van der Waals surface area contributed by atoms with Crippen LogP contribution in [-0.4, -0.2) is 39.1 Å². The van der Waals surface area contributed by atoms with Crippen LogP contribution in [0.5, 0.6) is 0 Å². The van der Waals surface area contributed by atoms with Crippen molar-refractivity contribution in [3.05, 3.63) is 0 Å². The van der Waals surface area contributed by atoms with Gasteiger partial charge in [-0.2, -0.15) is 0 Å². The zero-order valence-electron chi connectivity index (χ0n) is 7.32. The number of sulfonamides is 1. The van der Waals surface area contributed by atoms with Gasteiger partial charge < -0.3 is 9.84 Å². The average Bonchev–Trinajstić information content (AvgIpc) is 1.94. The summed E-state index contributed by atoms with van der Waals surface area (Å²) in [5, 5.41) is 8.37. The first-order valence-electron chi connectivity index (χ1n) is 3.71. The van der Waals surface area contributed by atoms with Gasteiger partial charge in [-0.05, 0) is 12.8 Å². The van der Waals surface area contributed by atoms with Crippen LogP contribution in [0.2, 0.25) is 0 Å². The molecule has 13 heavy (non-hydrogen) atoms. The molecule has 0 saturated carbocycles. The van der Waals surface area contributed by atoms with E-state index in [1.807, 2.05) is 0 Å². The fourth-order valence-electron chi connectivity index (χ4n) is 0.560. The van der Waals surface area contributed by atoms with Gasteiger partial charge in [0.15, 0.2) is 0 Å². The predicted octanol–water partition coefficient (Wildman–Crippen LogP) is -0.555. The zero-order chi connectivity index (χ0) is 10.3. The Labute approximate surface area is 76.9 Å². The summed E-state index contributed by atoms with van der Waals surface area (Å²) in [5.41, 5.74) is 0. The van der Waals surface area contributed by atoms with Crippen molar-refractivity contribution in [1.29, 1.82) is 0 Å². The number of ether oxygens (including phenoxy) is 1. The van der Waals surface area contributed by atoms with Crippen molar-refractivity contribution in [3.63, 3.8) is 0 Å². The summed E-state index contributed by atoms with van der Waals surface area (Å²) in [6.07, 6.45) is 0.905. The van der Waals surface area contributed by atoms with Crippen molar-refractivity contribution in [1.82, 2.24) is 4.72 Å². The largest absolute Gasteiger partial charge is 0.449 e. The molecule has 0 aromatic heterocycles. The fraction of sp³-hybridized carbons (Fsp3) is 0.833. The number of hydrogen-bond acceptors (Lipinski definition) is 5. The van der Waals surface area contributed by atoms with Crippen LogP contribution in [0.1, 0.15) is 12.8 Å². The maximum absolute atomic E-state index is 10.6. The lowest BCUT2D eigenvalue weighted by atomic mass is 10.3. The topological polar surface area (TPSA) is 92.7 Å². The lowest BCUT2D eigenvalue weighted by Gasteiger charge is -2.03. The van der Waals surface area contributed by atoms with Crippen LogP contribution in [0, 0.1) is 0 Å². The van der Waals surface area contributed by atoms with Gasteiger partial charge >= 0.3 is 6.09 Å². The Kier molecular flexibility index (Phi) is 5.40. The lowest BCUT2D eigenvalue weighted by molar-refractivity contribution is 0.147. The van der Waals surface area contributed by atoms with Crippen LogP contribution >= 0.6 is 0 Å². The van der Waals surface area contributed by atoms with E-state index in [-0.39, 0.29) is 13.2 Å². The molecule has 2 N–H and O–H groups in total. The summed E-state index contributed by atoms with van der Waals surface area (Å²) < 4.78 is 27.1. The molecule has 0 aliphatic carbocycles. The molecule has 1 amide bonds. The second-order valence-electron chi connectivity index (χ2n) is 2.44. The molecule has 0 unspecified atom stereocenters. The number of amides is 1. The molecule has 0 atom stereocenters. The maximum Gasteiger partial charge on any atom is 0.420 e. The van der Waals surface area contributed by atoms with Crippen LogP contribution < -0.4 is 4.72 Å². The van der Waals surface area contributed by atoms with E-state index in [0.717, 1.165) is 6.26 Å². The van der Waals surface area contributed by atoms with Gasteiger partial charge in [-0.1, -0.05) is 0 Å². The smallest absolute Gasteiger partial charge is 0.420 e. The summed E-state index contributed by atoms with van der Waals surface area (Å²) in [5.74, 6) is 0. The molecule has 7 heteroatoms. The Hall–Kier alpha value is -0.820. The van der Waals surface area contributed by atoms with Gasteiger partial charge in [0.05, 0.1) is 12.9 Å². The van der Waals surface area contributed by atoms with E-state index in [1.165, 1.54) is 0 Å². The third-order valence-corrected chi connectivity index (χ3v) is 1.59. The van der Waals surface area contributed by atoms with Gasteiger partial charge in [0.1, 0.15) is 0 Å². The normalized spacial score (nSPS) is 10.9. The SMILES string of the molecule is CS(=O)(=O)NC(=O)OCCCCO. The minimum absolute atomic E-state index is 0.0249. The Bertz CT molecular complexity index is 248. The third kappa shape index (κ3) is 9.09. The molecule has 0 bridgehead atoms. The maximum atomic E-state index is 10.6. The fourth-order valence-corrected chi connectivity index (χ4v) is 0.921. The molecule has 0 aromatic rings. The number of aliphatic hydroxyl groups is 1. The van der Waals surface area contributed by atoms with Gasteiger partial charge in [0.2, 0.25) is 10.0 Å². The van der Waals surface area contributed by atoms with Crippen molar-refractivity contribution in [3.8, 4) is 0 Å². The second kappa shape index (κ2) is 5.76. The van der Waals surface area contributed by atoms with E-state index < -0.39 is 16.1 Å². The van der Waals surface area contributed by atoms with Crippen LogP contribution in [0.3, 0.4) is 0 Å². The quantitative estimate of drug-likeness (QED) is 0.595. The summed E-state index contributed by atoms with van der Waals surface area (Å²) in [6.45, 7) is 0.124. The third-order valence-electron chi connectivity index (χ3n) is 1.05. The highest BCUT2D eigenvalue weighted by atomic mass is 32.2. The molecule has 6 nitrogen and oxygen atoms in total. The number of hydrogen-bond donors (Lipinski definition) is 2. The molecular formula is C6H13NO5S. The van der Waals surface area contributed by atoms with Gasteiger partial charge in [0.25, 0.3) is 0 Å². The zero-order valence-corrected chi connectivity index (χ0v) is 8.13. The minimum Gasteiger partial charge on any atom is -0.449 e. The molecule has 0 aromatic carbocycles. The summed E-state index contributed by atoms with van der Waals surface area (Å²) in [6, 6.07) is 0. The minimum atomic E-state index is -3.54. The van der Waals surface area contributed by atoms with E-state index in [1.54, 1.807) is 4.72 Å². The number of aliphatic hydroxyl groups excluding tert-OH is 1. The number of unbranched alkanes of at least 4 members (excludes halogenated alkanes) is 1. The average molecular weight is 211 g/mol. The van der Waals surface area contributed by atoms with E-state index >= 15 is 0 Å². The Morgan fingerprint density at radius 3 is 2.54 bits per heavy atom. The Morgan fingerprint density at radius 1 is 1.46 bits per heavy atom. The van der Waals surface area contributed by atoms with Crippen LogP contribution in [0.4, 0.5) is 4.79 Å². The number of nitrogens with one attached hydrogen (secondary N) is 1. The van der Waals surface area contributed by atoms with E-state index in [9.17, 15) is 13.2 Å². The predicted molar refractivity (Wildman–Crippen MR) is 45.6 cm³/mol. The molecule has 0 fully saturated rings. The highest BCUT2D eigenvalue weighted by Gasteiger charge is 2.08. The first-order chi connectivity index (χ1) is 5.95. The van der Waals surface area contributed by atoms with Crippen molar-refractivity contribution < 1.29 is 23.1 Å². The van der Waals surface area contributed by atoms with Crippen LogP contribution in [0.15, 0.2) is 0 Å². The molecule has 0 radical (unpaired) electrons. The van der Waals surface area contributed by atoms with Crippen molar-refractivity contribution in [2.75, 3.05) is 19.5 Å². The van der Waals surface area contributed by atoms with Gasteiger partial charge in [-0.3, -0.25) is 0 Å². The molecule has 78 valence electrons. The number of rotatable bonds is 5. The highest BCUT2D eigenvalue weighted by molar-refractivity contribution is 7.89. The van der Waals surface area contributed by atoms with Crippen molar-refractivity contribution in [2.24, 2.45) is 0 Å². The van der Waals surface area contributed by atoms with E-state index in [2.05, 4.69) is 4.74 Å². The summed E-state index contributed by atoms with van der Waals surface area (Å²) in [4.78, 5) is 10.6. The van der Waals surface area contributed by atoms with Crippen LogP contribution in [-0.2, 0) is 14.8 Å². The molecule has 0 heterocycles. The molecular weight excluding hydrogens is 198 g/mol. The van der Waals surface area contributed by atoms with E-state index in [4.69, 9.17) is 5.11 Å². The first kappa shape index (κ1) is 12.2. The first-order valence-corrected chi connectivity index (χ1v) is 5.60. The van der Waals surface area contributed by atoms with Gasteiger partial charge in [-0.25, -0.2) is 17.9 Å². The van der Waals surface area contributed by atoms with E-state index in [0.29, 0.717) is 12.8 Å². The molecule has 0 aliphatic heterocycles. The van der Waals surface area contributed by atoms with Crippen molar-refractivity contribution in [2.45, 2.75) is 12.8 Å². The lowest BCUT2D eigenvalue weighted by Crippen LogP contribution is -2.30. The molecule has 0 saturated heterocycles. The Balaban J connectivity index is 3.53. The number of carbonyl (C=O) groups excluding carboxylic acids is 1. The molecule has 0 spiro atoms. The van der Waals surface area contributed by atoms with Gasteiger partial charge in [-0.15, -0.1) is 0 Å². The standard InChI is InChI=1S/C6H13NO5S/c1-13(10,11)7-6(9)12-5-3-2-4-8/h8H,2-5H2,1H3,(H,7,9). The monoisotopic (exact) mass is 211 g/mol. The molecule has 0 aliphatic rings. The van der Waals surface area contributed by atoms with Crippen molar-refractivity contribution >= 4 is 16.1 Å². The Morgan fingerprint density at radius 2 is 2.08 bits per heavy atom. The van der Waals surface area contributed by atoms with Crippen LogP contribution in [0.25, 0.3) is 0 Å². The molecule has 0 rings (SSSR count). The second-order valence-corrected chi connectivity index (χ2v) is 4.19. The summed E-state index contributed by atoms with van der Waals surface area (Å²) in [7, 11) is -3.54.